The maximum atomic E-state index is 14.5. The van der Waals surface area contributed by atoms with Gasteiger partial charge in [0, 0.05) is 11.9 Å². The van der Waals surface area contributed by atoms with E-state index >= 15 is 0 Å². The molecule has 142 valence electrons. The first-order valence-electron chi connectivity index (χ1n) is 7.96. The molecule has 1 heterocycles. The lowest BCUT2D eigenvalue weighted by Crippen LogP contribution is -2.15. The van der Waals surface area contributed by atoms with Gasteiger partial charge in [-0.05, 0) is 37.1 Å². The Kier molecular flexibility index (Phi) is 5.69. The van der Waals surface area contributed by atoms with Crippen LogP contribution in [0.1, 0.15) is 16.7 Å². The van der Waals surface area contributed by atoms with Crippen LogP contribution in [0.15, 0.2) is 46.1 Å². The average Bonchev–Trinajstić information content (AvgIpc) is 3.10. The van der Waals surface area contributed by atoms with Crippen molar-refractivity contribution in [1.29, 1.82) is 0 Å². The van der Waals surface area contributed by atoms with Crippen LogP contribution in [-0.4, -0.2) is 13.4 Å². The molecule has 3 rings (SSSR count). The van der Waals surface area contributed by atoms with Gasteiger partial charge in [0.15, 0.2) is 5.82 Å². The first-order chi connectivity index (χ1) is 12.8. The number of hydrogen-bond acceptors (Lipinski definition) is 5. The van der Waals surface area contributed by atoms with Gasteiger partial charge in [0.2, 0.25) is 0 Å². The van der Waals surface area contributed by atoms with Gasteiger partial charge in [-0.15, -0.1) is 11.3 Å². The maximum absolute atomic E-state index is 14.5. The molecule has 2 aromatic carbocycles. The van der Waals surface area contributed by atoms with Crippen molar-refractivity contribution in [3.63, 3.8) is 0 Å². The molecule has 0 unspecified atom stereocenters. The van der Waals surface area contributed by atoms with E-state index in [0.717, 1.165) is 28.8 Å². The van der Waals surface area contributed by atoms with Crippen molar-refractivity contribution in [2.24, 2.45) is 0 Å². The SMILES string of the molecule is Cc1ccc(C)c(CNc2cc(F)c(S(=O)(=O)Nc3cscn3)cc2Cl)c1. The van der Waals surface area contributed by atoms with Crippen molar-refractivity contribution in [2.75, 3.05) is 10.0 Å². The second kappa shape index (κ2) is 7.84. The van der Waals surface area contributed by atoms with Crippen LogP contribution in [0.3, 0.4) is 0 Å². The molecule has 0 saturated heterocycles. The van der Waals surface area contributed by atoms with E-state index in [0.29, 0.717) is 12.2 Å². The number of thiazole rings is 1. The molecular weight excluding hydrogens is 409 g/mol. The number of nitrogens with zero attached hydrogens (tertiary/aromatic N) is 1. The highest BCUT2D eigenvalue weighted by molar-refractivity contribution is 7.92. The average molecular weight is 426 g/mol. The predicted octanol–water partition coefficient (Wildman–Crippen LogP) is 4.97. The summed E-state index contributed by atoms with van der Waals surface area (Å²) in [6.07, 6.45) is 0. The van der Waals surface area contributed by atoms with Crippen molar-refractivity contribution in [2.45, 2.75) is 25.3 Å². The molecule has 0 saturated carbocycles. The Balaban J connectivity index is 1.83. The Hall–Kier alpha value is -2.16. The fraction of sp³-hybridized carbons (Fsp3) is 0.167. The lowest BCUT2D eigenvalue weighted by atomic mass is 10.1. The highest BCUT2D eigenvalue weighted by atomic mass is 35.5. The summed E-state index contributed by atoms with van der Waals surface area (Å²) in [5.41, 5.74) is 5.05. The quantitative estimate of drug-likeness (QED) is 0.585. The molecule has 0 fully saturated rings. The number of rotatable bonds is 6. The van der Waals surface area contributed by atoms with Gasteiger partial charge in [-0.25, -0.2) is 17.8 Å². The zero-order valence-corrected chi connectivity index (χ0v) is 17.0. The number of nitrogens with one attached hydrogen (secondary N) is 2. The normalized spacial score (nSPS) is 11.4. The summed E-state index contributed by atoms with van der Waals surface area (Å²) in [4.78, 5) is 3.31. The molecule has 0 spiro atoms. The van der Waals surface area contributed by atoms with Crippen LogP contribution >= 0.6 is 22.9 Å². The van der Waals surface area contributed by atoms with Crippen LogP contribution in [0.2, 0.25) is 5.02 Å². The fourth-order valence-corrected chi connectivity index (χ4v) is 4.45. The molecule has 5 nitrogen and oxygen atoms in total. The molecule has 9 heteroatoms. The number of sulfonamides is 1. The summed E-state index contributed by atoms with van der Waals surface area (Å²) in [6.45, 7) is 4.42. The molecule has 27 heavy (non-hydrogen) atoms. The third-order valence-corrected chi connectivity index (χ3v) is 6.23. The summed E-state index contributed by atoms with van der Waals surface area (Å²) >= 11 is 7.42. The smallest absolute Gasteiger partial charge is 0.266 e. The van der Waals surface area contributed by atoms with Gasteiger partial charge in [-0.3, -0.25) is 4.72 Å². The Labute approximate surface area is 166 Å². The van der Waals surface area contributed by atoms with Crippen molar-refractivity contribution in [3.8, 4) is 0 Å². The van der Waals surface area contributed by atoms with Gasteiger partial charge in [0.25, 0.3) is 10.0 Å². The number of benzene rings is 2. The molecule has 1 aromatic heterocycles. The van der Waals surface area contributed by atoms with Gasteiger partial charge < -0.3 is 5.32 Å². The molecule has 0 aliphatic heterocycles. The summed E-state index contributed by atoms with van der Waals surface area (Å²) < 4.78 is 41.5. The Morgan fingerprint density at radius 3 is 2.70 bits per heavy atom. The van der Waals surface area contributed by atoms with Crippen LogP contribution in [0.5, 0.6) is 0 Å². The van der Waals surface area contributed by atoms with E-state index in [-0.39, 0.29) is 10.8 Å². The standard InChI is InChI=1S/C18H17ClFN3O2S2/c1-11-3-4-12(2)13(5-11)8-21-16-7-15(20)17(6-14(16)19)27(24,25)23-18-9-26-10-22-18/h3-7,9-10,21,23H,8H2,1-2H3. The maximum Gasteiger partial charge on any atom is 0.266 e. The van der Waals surface area contributed by atoms with E-state index in [1.165, 1.54) is 22.2 Å². The third kappa shape index (κ3) is 4.58. The molecule has 3 aromatic rings. The minimum Gasteiger partial charge on any atom is -0.380 e. The minimum atomic E-state index is -4.13. The first kappa shape index (κ1) is 19.6. The summed E-state index contributed by atoms with van der Waals surface area (Å²) in [5.74, 6) is -0.766. The van der Waals surface area contributed by atoms with Crippen LogP contribution in [0, 0.1) is 19.7 Å². The number of aromatic nitrogens is 1. The summed E-state index contributed by atoms with van der Waals surface area (Å²) in [6, 6.07) is 8.23. The summed E-state index contributed by atoms with van der Waals surface area (Å²) in [5, 5.41) is 4.69. The predicted molar refractivity (Wildman–Crippen MR) is 108 cm³/mol. The van der Waals surface area contributed by atoms with Gasteiger partial charge in [-0.2, -0.15) is 0 Å². The van der Waals surface area contributed by atoms with E-state index in [1.54, 1.807) is 0 Å². The Morgan fingerprint density at radius 2 is 2.00 bits per heavy atom. The second-order valence-corrected chi connectivity index (χ2v) is 8.80. The van der Waals surface area contributed by atoms with E-state index in [9.17, 15) is 12.8 Å². The van der Waals surface area contributed by atoms with Crippen molar-refractivity contribution >= 4 is 44.5 Å². The largest absolute Gasteiger partial charge is 0.380 e. The molecule has 0 amide bonds. The molecular formula is C18H17ClFN3O2S2. The van der Waals surface area contributed by atoms with Crippen LogP contribution in [0.4, 0.5) is 15.9 Å². The molecule has 0 atom stereocenters. The van der Waals surface area contributed by atoms with Gasteiger partial charge in [0.1, 0.15) is 10.7 Å². The van der Waals surface area contributed by atoms with E-state index < -0.39 is 20.7 Å². The van der Waals surface area contributed by atoms with Crippen LogP contribution < -0.4 is 10.0 Å². The van der Waals surface area contributed by atoms with E-state index in [1.807, 2.05) is 32.0 Å². The number of aryl methyl sites for hydroxylation is 2. The highest BCUT2D eigenvalue weighted by Crippen LogP contribution is 2.29. The third-order valence-electron chi connectivity index (χ3n) is 3.96. The first-order valence-corrected chi connectivity index (χ1v) is 10.8. The molecule has 0 bridgehead atoms. The second-order valence-electron chi connectivity index (χ2n) is 6.03. The van der Waals surface area contributed by atoms with Gasteiger partial charge in [-0.1, -0.05) is 35.4 Å². The number of hydrogen-bond donors (Lipinski definition) is 2. The van der Waals surface area contributed by atoms with Gasteiger partial charge in [0.05, 0.1) is 16.2 Å². The highest BCUT2D eigenvalue weighted by Gasteiger charge is 2.22. The van der Waals surface area contributed by atoms with Crippen molar-refractivity contribution in [3.05, 3.63) is 68.8 Å². The lowest BCUT2D eigenvalue weighted by Gasteiger charge is -2.13. The molecule has 0 radical (unpaired) electrons. The summed E-state index contributed by atoms with van der Waals surface area (Å²) in [7, 11) is -4.13. The minimum absolute atomic E-state index is 0.111. The van der Waals surface area contributed by atoms with Crippen molar-refractivity contribution in [1.82, 2.24) is 4.98 Å². The van der Waals surface area contributed by atoms with Crippen molar-refractivity contribution < 1.29 is 12.8 Å². The molecule has 0 aliphatic carbocycles. The molecule has 0 aliphatic rings. The Bertz CT molecular complexity index is 1070. The number of anilines is 2. The topological polar surface area (TPSA) is 71.1 Å². The Morgan fingerprint density at radius 1 is 1.22 bits per heavy atom. The zero-order chi connectivity index (χ0) is 19.6. The number of halogens is 2. The van der Waals surface area contributed by atoms with Gasteiger partial charge >= 0.3 is 0 Å². The molecule has 2 N–H and O–H groups in total. The monoisotopic (exact) mass is 425 g/mol. The zero-order valence-electron chi connectivity index (χ0n) is 14.6. The fourth-order valence-electron chi connectivity index (χ4n) is 2.51. The van der Waals surface area contributed by atoms with E-state index in [2.05, 4.69) is 15.0 Å². The lowest BCUT2D eigenvalue weighted by molar-refractivity contribution is 0.570. The van der Waals surface area contributed by atoms with Crippen LogP contribution in [0.25, 0.3) is 0 Å². The van der Waals surface area contributed by atoms with Crippen LogP contribution in [-0.2, 0) is 16.6 Å². The van der Waals surface area contributed by atoms with E-state index in [4.69, 9.17) is 11.6 Å².